The Bertz CT molecular complexity index is 2220. The zero-order valence-electron chi connectivity index (χ0n) is 34.6. The van der Waals surface area contributed by atoms with Crippen molar-refractivity contribution >= 4 is 45.8 Å². The molecule has 0 spiro atoms. The molecule has 2 saturated carbocycles. The number of ether oxygens (including phenoxy) is 2. The lowest BCUT2D eigenvalue weighted by Crippen LogP contribution is -2.58. The molecule has 6 atom stereocenters. The second-order valence-corrected chi connectivity index (χ2v) is 18.5. The van der Waals surface area contributed by atoms with E-state index in [1.165, 1.54) is 11.0 Å². The molecule has 0 bridgehead atoms. The molecule has 2 aliphatic carbocycles. The summed E-state index contributed by atoms with van der Waals surface area (Å²) in [5.74, 6) is -6.15. The quantitative estimate of drug-likeness (QED) is 0.168. The van der Waals surface area contributed by atoms with Gasteiger partial charge in [0, 0.05) is 60.3 Å². The highest BCUT2D eigenvalue weighted by Crippen LogP contribution is 2.48. The van der Waals surface area contributed by atoms with Crippen molar-refractivity contribution in [3.05, 3.63) is 66.7 Å². The van der Waals surface area contributed by atoms with E-state index in [1.807, 2.05) is 43.3 Å². The van der Waals surface area contributed by atoms with Gasteiger partial charge >= 0.3 is 0 Å². The van der Waals surface area contributed by atoms with Crippen molar-refractivity contribution in [2.45, 2.75) is 102 Å². The zero-order chi connectivity index (χ0) is 43.3. The van der Waals surface area contributed by atoms with Crippen LogP contribution in [-0.4, -0.2) is 108 Å². The number of rotatable bonds is 13. The number of amides is 4. The van der Waals surface area contributed by atoms with Gasteiger partial charge in [-0.15, -0.1) is 6.58 Å². The van der Waals surface area contributed by atoms with Crippen molar-refractivity contribution in [1.29, 1.82) is 0 Å². The summed E-state index contributed by atoms with van der Waals surface area (Å²) < 4.78 is 66.5. The maximum absolute atomic E-state index is 14.9. The predicted octanol–water partition coefficient (Wildman–Crippen LogP) is 5.72. The highest BCUT2D eigenvalue weighted by molar-refractivity contribution is 7.77. The van der Waals surface area contributed by atoms with Gasteiger partial charge in [-0.1, -0.05) is 57.2 Å². The molecule has 16 heteroatoms. The minimum Gasteiger partial charge on any atom is -0.755 e. The van der Waals surface area contributed by atoms with Gasteiger partial charge in [-0.2, -0.15) is 0 Å². The number of likely N-dealkylation sites (tertiary alicyclic amines) is 2. The van der Waals surface area contributed by atoms with Crippen LogP contribution in [0, 0.1) is 24.2 Å². The summed E-state index contributed by atoms with van der Waals surface area (Å²) in [5, 5.41) is 3.51. The fourth-order valence-electron chi connectivity index (χ4n) is 8.64. The van der Waals surface area contributed by atoms with Crippen molar-refractivity contribution in [3.8, 4) is 22.8 Å². The minimum absolute atomic E-state index is 0.0246. The molecule has 1 aromatic heterocycles. The number of fused-ring (bicyclic) bond motifs is 1. The van der Waals surface area contributed by atoms with Gasteiger partial charge in [-0.05, 0) is 50.2 Å². The topological polar surface area (TPSA) is 162 Å². The first-order valence-corrected chi connectivity index (χ1v) is 21.4. The van der Waals surface area contributed by atoms with Gasteiger partial charge in [0.25, 0.3) is 11.8 Å². The lowest BCUT2D eigenvalue weighted by molar-refractivity contribution is -0.151. The molecule has 2 aliphatic heterocycles. The largest absolute Gasteiger partial charge is 0.755 e. The summed E-state index contributed by atoms with van der Waals surface area (Å²) in [6.45, 7) is 10.4. The van der Waals surface area contributed by atoms with Crippen LogP contribution >= 0.6 is 0 Å². The van der Waals surface area contributed by atoms with E-state index >= 15 is 0 Å². The summed E-state index contributed by atoms with van der Waals surface area (Å²) in [6.07, 6.45) is 1.28. The number of nitrogens with zero attached hydrogens (tertiary/aromatic N) is 4. The molecule has 7 rings (SSSR count). The van der Waals surface area contributed by atoms with E-state index in [0.717, 1.165) is 20.3 Å². The van der Waals surface area contributed by atoms with E-state index in [-0.39, 0.29) is 45.2 Å². The minimum atomic E-state index is -3.04. The number of hydrogen-bond donors (Lipinski definition) is 1. The maximum atomic E-state index is 14.9. The molecule has 0 radical (unpaired) electrons. The summed E-state index contributed by atoms with van der Waals surface area (Å²) >= 11 is -2.88. The van der Waals surface area contributed by atoms with Crippen LogP contribution in [-0.2, 0) is 30.4 Å². The van der Waals surface area contributed by atoms with Crippen LogP contribution in [0.5, 0.6) is 11.5 Å². The van der Waals surface area contributed by atoms with Crippen molar-refractivity contribution in [2.24, 2.45) is 17.3 Å². The second-order valence-electron chi connectivity index (χ2n) is 17.6. The number of aromatic nitrogens is 1. The Labute approximate surface area is 351 Å². The Morgan fingerprint density at radius 2 is 1.85 bits per heavy atom. The molecular weight excluding hydrogens is 797 g/mol. The Morgan fingerprint density at radius 3 is 2.45 bits per heavy atom. The van der Waals surface area contributed by atoms with E-state index in [9.17, 15) is 36.7 Å². The molecule has 1 N–H and O–H groups in total. The van der Waals surface area contributed by atoms with Crippen LogP contribution in [0.25, 0.3) is 22.2 Å². The number of piperidine rings is 1. The number of benzene rings is 2. The third-order valence-electron chi connectivity index (χ3n) is 12.3. The fourth-order valence-corrected chi connectivity index (χ4v) is 9.39. The second kappa shape index (κ2) is 16.5. The third kappa shape index (κ3) is 8.63. The van der Waals surface area contributed by atoms with E-state index in [2.05, 4.69) is 11.9 Å². The number of nitrogens with one attached hydrogen (secondary N) is 1. The van der Waals surface area contributed by atoms with Gasteiger partial charge in [-0.25, -0.2) is 13.8 Å². The fraction of sp³-hybridized carbons (Fsp3) is 0.523. The first-order valence-electron chi connectivity index (χ1n) is 20.4. The van der Waals surface area contributed by atoms with Gasteiger partial charge < -0.3 is 29.1 Å². The Hall–Kier alpha value is -4.96. The van der Waals surface area contributed by atoms with E-state index in [1.54, 1.807) is 40.0 Å². The molecule has 3 heterocycles. The molecule has 4 aliphatic rings. The monoisotopic (exact) mass is 848 g/mol. The zero-order valence-corrected chi connectivity index (χ0v) is 35.4. The van der Waals surface area contributed by atoms with Crippen molar-refractivity contribution in [3.63, 3.8) is 0 Å². The van der Waals surface area contributed by atoms with E-state index in [4.69, 9.17) is 14.5 Å². The van der Waals surface area contributed by atoms with Crippen LogP contribution in [0.15, 0.2) is 61.2 Å². The summed E-state index contributed by atoms with van der Waals surface area (Å²) in [4.78, 5) is 64.6. The van der Waals surface area contributed by atoms with Gasteiger partial charge in [0.15, 0.2) is 0 Å². The number of carbonyl (C=O) groups is 4. The van der Waals surface area contributed by atoms with Crippen molar-refractivity contribution < 1.29 is 46.2 Å². The number of halogens is 2. The van der Waals surface area contributed by atoms with Gasteiger partial charge in [0.05, 0.1) is 48.6 Å². The Morgan fingerprint density at radius 1 is 1.13 bits per heavy atom. The molecule has 2 unspecified atom stereocenters. The highest BCUT2D eigenvalue weighted by atomic mass is 32.2. The van der Waals surface area contributed by atoms with Crippen LogP contribution in [0.4, 0.5) is 8.78 Å². The molecule has 4 fully saturated rings. The number of carbonyl (C=O) groups excluding carboxylic acids is 4. The molecule has 60 heavy (non-hydrogen) atoms. The molecule has 2 aromatic carbocycles. The van der Waals surface area contributed by atoms with Crippen molar-refractivity contribution in [2.75, 3.05) is 26.7 Å². The molecule has 3 aromatic rings. The predicted molar refractivity (Wildman–Crippen MR) is 219 cm³/mol. The summed E-state index contributed by atoms with van der Waals surface area (Å²) in [6, 6.07) is 13.2. The number of hydrogen-bond acceptors (Lipinski definition) is 9. The van der Waals surface area contributed by atoms with Crippen LogP contribution in [0.1, 0.15) is 71.3 Å². The normalized spacial score (nSPS) is 24.6. The average Bonchev–Trinajstić information content (AvgIpc) is 4.12. The van der Waals surface area contributed by atoms with Crippen LogP contribution in [0.2, 0.25) is 0 Å². The number of methoxy groups -OCH3 is 1. The molecular formula is C44H52F2N5O8S-. The summed E-state index contributed by atoms with van der Waals surface area (Å²) in [7, 11) is 1.57. The maximum Gasteiger partial charge on any atom is 0.265 e. The average molecular weight is 849 g/mol. The third-order valence-corrected chi connectivity index (χ3v) is 13.1. The first kappa shape index (κ1) is 43.1. The number of alkyl halides is 2. The first-order chi connectivity index (χ1) is 28.4. The molecule has 13 nitrogen and oxygen atoms in total. The van der Waals surface area contributed by atoms with Gasteiger partial charge in [0.1, 0.15) is 29.2 Å². The van der Waals surface area contributed by atoms with Gasteiger partial charge in [0.2, 0.25) is 17.7 Å². The van der Waals surface area contributed by atoms with E-state index < -0.39 is 88.3 Å². The standard InChI is InChI=1S/C44H53F2N5O8S/c1-7-28-23-44(28,41(55)51(60(56)57)29-14-15-29)48-39(53)34-20-30(24-50(34)40(54)32(42(3,4)5)21-37(52)49-19-11-18-43(45,46)25-49)59-36-22-33(27-12-9-8-10-13-27)47-38-26(2)35(58-6)17-16-31(36)38/h7-10,12-13,16-17,22,28-30,32,34H,1,11,14-15,18-21,23-25H2,2-6H3,(H,48,53)(H,56,57)/p-1/t28-,30-,32-,34+,44?/m1/s1. The number of aryl methyl sites for hydroxylation is 1. The molecule has 4 amide bonds. The molecule has 322 valence electrons. The smallest absolute Gasteiger partial charge is 0.265 e. The number of pyridine rings is 1. The SMILES string of the molecule is C=C[C@@H]1CC1(NC(=O)[C@@H]1C[C@@H](Oc2cc(-c3ccccc3)nc3c(C)c(OC)ccc23)CN1C(=O)[C@@H](CC(=O)N1CCCC(F)(F)C1)C(C)(C)C)C(=O)N(C1CC1)S(=O)[O-]. The lowest BCUT2D eigenvalue weighted by Gasteiger charge is -2.37. The van der Waals surface area contributed by atoms with Crippen LogP contribution < -0.4 is 14.8 Å². The summed E-state index contributed by atoms with van der Waals surface area (Å²) in [5.41, 5.74) is 0.407. The molecule has 2 saturated heterocycles. The van der Waals surface area contributed by atoms with Gasteiger partial charge in [-0.3, -0.25) is 27.7 Å². The van der Waals surface area contributed by atoms with Crippen molar-refractivity contribution in [1.82, 2.24) is 24.4 Å². The highest BCUT2D eigenvalue weighted by Gasteiger charge is 2.63. The lowest BCUT2D eigenvalue weighted by atomic mass is 9.77. The van der Waals surface area contributed by atoms with Crippen LogP contribution in [0.3, 0.4) is 0 Å². The Kier molecular flexibility index (Phi) is 11.9. The van der Waals surface area contributed by atoms with E-state index in [0.29, 0.717) is 40.9 Å². The Balaban J connectivity index is 1.24.